The van der Waals surface area contributed by atoms with E-state index in [0.29, 0.717) is 5.46 Å². The summed E-state index contributed by atoms with van der Waals surface area (Å²) in [5, 5.41) is 27.2. The Kier molecular flexibility index (Phi) is 5.20. The van der Waals surface area contributed by atoms with Gasteiger partial charge in [-0.2, -0.15) is 0 Å². The first-order valence-electron chi connectivity index (χ1n) is 5.42. The molecule has 0 spiro atoms. The molecule has 0 amide bonds. The second kappa shape index (κ2) is 6.21. The number of aliphatic hydroxyl groups is 1. The van der Waals surface area contributed by atoms with Gasteiger partial charge in [-0.15, -0.1) is 12.4 Å². The number of nitrogens with zero attached hydrogens (tertiary/aromatic N) is 2. The van der Waals surface area contributed by atoms with Gasteiger partial charge in [0, 0.05) is 24.7 Å². The Morgan fingerprint density at radius 3 is 2.35 bits per heavy atom. The van der Waals surface area contributed by atoms with Crippen molar-refractivity contribution < 1.29 is 15.2 Å². The zero-order valence-electron chi connectivity index (χ0n) is 9.36. The molecule has 7 heteroatoms. The van der Waals surface area contributed by atoms with Gasteiger partial charge in [-0.1, -0.05) is 6.07 Å². The highest BCUT2D eigenvalue weighted by molar-refractivity contribution is 6.58. The fourth-order valence-corrected chi connectivity index (χ4v) is 1.83. The smallest absolute Gasteiger partial charge is 0.423 e. The maximum atomic E-state index is 9.38. The molecule has 0 saturated carbocycles. The lowest BCUT2D eigenvalue weighted by atomic mass is 9.82. The molecular formula is C10H16BClN2O3. The molecule has 2 rings (SSSR count). The van der Waals surface area contributed by atoms with Crippen molar-refractivity contribution in [3.8, 4) is 0 Å². The summed E-state index contributed by atoms with van der Waals surface area (Å²) >= 11 is 0. The second-order valence-corrected chi connectivity index (χ2v) is 4.04. The van der Waals surface area contributed by atoms with Gasteiger partial charge < -0.3 is 20.1 Å². The Hall–Kier alpha value is -0.815. The highest BCUT2D eigenvalue weighted by Crippen LogP contribution is 2.16. The zero-order valence-corrected chi connectivity index (χ0v) is 10.2. The third-order valence-electron chi connectivity index (χ3n) is 2.86. The van der Waals surface area contributed by atoms with Crippen LogP contribution in [0.15, 0.2) is 18.3 Å². The van der Waals surface area contributed by atoms with Crippen LogP contribution < -0.4 is 10.4 Å². The predicted octanol–water partition coefficient (Wildman–Crippen LogP) is -0.856. The number of pyridine rings is 1. The maximum absolute atomic E-state index is 9.38. The maximum Gasteiger partial charge on any atom is 0.490 e. The van der Waals surface area contributed by atoms with Gasteiger partial charge in [-0.3, -0.25) is 0 Å². The molecule has 0 atom stereocenters. The standard InChI is InChI=1S/C10H15BN2O3.ClH/c14-9-3-5-13(6-4-9)10-2-1-8(7-12-10)11(15)16;/h1-2,7,9,14-16H,3-6H2;1H. The molecule has 94 valence electrons. The van der Waals surface area contributed by atoms with Crippen molar-refractivity contribution in [2.24, 2.45) is 0 Å². The molecule has 0 aromatic carbocycles. The summed E-state index contributed by atoms with van der Waals surface area (Å²) in [6, 6.07) is 3.42. The van der Waals surface area contributed by atoms with Gasteiger partial charge in [0.25, 0.3) is 0 Å². The second-order valence-electron chi connectivity index (χ2n) is 4.04. The fraction of sp³-hybridized carbons (Fsp3) is 0.500. The lowest BCUT2D eigenvalue weighted by Gasteiger charge is -2.30. The van der Waals surface area contributed by atoms with Crippen molar-refractivity contribution in [1.29, 1.82) is 0 Å². The molecule has 2 heterocycles. The number of anilines is 1. The van der Waals surface area contributed by atoms with Crippen LogP contribution in [-0.2, 0) is 0 Å². The van der Waals surface area contributed by atoms with E-state index in [1.165, 1.54) is 6.20 Å². The Balaban J connectivity index is 0.00000144. The zero-order chi connectivity index (χ0) is 11.5. The molecule has 3 N–H and O–H groups in total. The van der Waals surface area contributed by atoms with Gasteiger partial charge in [-0.05, 0) is 18.9 Å². The molecule has 1 aromatic rings. The average Bonchev–Trinajstić information content (AvgIpc) is 2.30. The van der Waals surface area contributed by atoms with Crippen LogP contribution in [0, 0.1) is 0 Å². The third kappa shape index (κ3) is 3.57. The molecule has 17 heavy (non-hydrogen) atoms. The molecule has 0 bridgehead atoms. The quantitative estimate of drug-likeness (QED) is 0.602. The summed E-state index contributed by atoms with van der Waals surface area (Å²) in [5.41, 5.74) is 0.390. The van der Waals surface area contributed by atoms with Crippen LogP contribution in [0.4, 0.5) is 5.82 Å². The largest absolute Gasteiger partial charge is 0.490 e. The summed E-state index contributed by atoms with van der Waals surface area (Å²) in [6.07, 6.45) is 2.78. The molecule has 0 unspecified atom stereocenters. The van der Waals surface area contributed by atoms with Crippen LogP contribution in [0.1, 0.15) is 12.8 Å². The first-order valence-corrected chi connectivity index (χ1v) is 5.42. The first kappa shape index (κ1) is 14.2. The van der Waals surface area contributed by atoms with Gasteiger partial charge >= 0.3 is 7.12 Å². The Bertz CT molecular complexity index is 342. The van der Waals surface area contributed by atoms with Gasteiger partial charge in [0.1, 0.15) is 5.82 Å². The number of aromatic nitrogens is 1. The SMILES string of the molecule is Cl.OB(O)c1ccc(N2CCC(O)CC2)nc1. The molecule has 1 aliphatic heterocycles. The van der Waals surface area contributed by atoms with Crippen LogP contribution in [0.5, 0.6) is 0 Å². The lowest BCUT2D eigenvalue weighted by Crippen LogP contribution is -2.37. The van der Waals surface area contributed by atoms with Crippen LogP contribution >= 0.6 is 12.4 Å². The Morgan fingerprint density at radius 2 is 1.88 bits per heavy atom. The highest BCUT2D eigenvalue weighted by Gasteiger charge is 2.18. The molecule has 1 fully saturated rings. The van der Waals surface area contributed by atoms with Crippen molar-refractivity contribution >= 4 is 30.8 Å². The Morgan fingerprint density at radius 1 is 1.24 bits per heavy atom. The topological polar surface area (TPSA) is 76.8 Å². The minimum Gasteiger partial charge on any atom is -0.423 e. The van der Waals surface area contributed by atoms with E-state index in [-0.39, 0.29) is 18.5 Å². The number of rotatable bonds is 2. The molecule has 0 aliphatic carbocycles. The van der Waals surface area contributed by atoms with Crippen LogP contribution in [0.25, 0.3) is 0 Å². The summed E-state index contributed by atoms with van der Waals surface area (Å²) < 4.78 is 0. The van der Waals surface area contributed by atoms with Crippen molar-refractivity contribution in [1.82, 2.24) is 4.98 Å². The van der Waals surface area contributed by atoms with Gasteiger partial charge in [0.15, 0.2) is 0 Å². The number of aliphatic hydroxyl groups excluding tert-OH is 1. The van der Waals surface area contributed by atoms with E-state index in [1.807, 2.05) is 0 Å². The molecule has 1 saturated heterocycles. The normalized spacial score (nSPS) is 16.5. The van der Waals surface area contributed by atoms with E-state index in [0.717, 1.165) is 31.7 Å². The van der Waals surface area contributed by atoms with E-state index >= 15 is 0 Å². The van der Waals surface area contributed by atoms with E-state index in [4.69, 9.17) is 10.0 Å². The number of hydrogen-bond donors (Lipinski definition) is 3. The van der Waals surface area contributed by atoms with Crippen molar-refractivity contribution in [2.75, 3.05) is 18.0 Å². The lowest BCUT2D eigenvalue weighted by molar-refractivity contribution is 0.145. The minimum atomic E-state index is -1.47. The number of hydrogen-bond acceptors (Lipinski definition) is 5. The molecule has 5 nitrogen and oxygen atoms in total. The van der Waals surface area contributed by atoms with E-state index in [1.54, 1.807) is 12.1 Å². The molecule has 0 radical (unpaired) electrons. The number of halogens is 1. The highest BCUT2D eigenvalue weighted by atomic mass is 35.5. The molecular weight excluding hydrogens is 242 g/mol. The van der Waals surface area contributed by atoms with Gasteiger partial charge in [0.05, 0.1) is 6.10 Å². The van der Waals surface area contributed by atoms with Crippen LogP contribution in [-0.4, -0.2) is 46.5 Å². The minimum absolute atomic E-state index is 0. The molecule has 1 aromatic heterocycles. The summed E-state index contributed by atoms with van der Waals surface area (Å²) in [5.74, 6) is 0.816. The van der Waals surface area contributed by atoms with Crippen molar-refractivity contribution in [2.45, 2.75) is 18.9 Å². The van der Waals surface area contributed by atoms with Crippen molar-refractivity contribution in [3.63, 3.8) is 0 Å². The summed E-state index contributed by atoms with van der Waals surface area (Å²) in [4.78, 5) is 6.26. The molecule has 1 aliphatic rings. The van der Waals surface area contributed by atoms with Crippen molar-refractivity contribution in [3.05, 3.63) is 18.3 Å². The van der Waals surface area contributed by atoms with Gasteiger partial charge in [0.2, 0.25) is 0 Å². The summed E-state index contributed by atoms with van der Waals surface area (Å²) in [6.45, 7) is 1.57. The monoisotopic (exact) mass is 258 g/mol. The van der Waals surface area contributed by atoms with Crippen LogP contribution in [0.2, 0.25) is 0 Å². The van der Waals surface area contributed by atoms with Crippen LogP contribution in [0.3, 0.4) is 0 Å². The third-order valence-corrected chi connectivity index (χ3v) is 2.86. The predicted molar refractivity (Wildman–Crippen MR) is 68.8 cm³/mol. The Labute approximate surface area is 107 Å². The number of piperidine rings is 1. The van der Waals surface area contributed by atoms with E-state index in [9.17, 15) is 5.11 Å². The first-order chi connectivity index (χ1) is 7.66. The van der Waals surface area contributed by atoms with Gasteiger partial charge in [-0.25, -0.2) is 4.98 Å². The fourth-order valence-electron chi connectivity index (χ4n) is 1.83. The summed E-state index contributed by atoms with van der Waals surface area (Å²) in [7, 11) is -1.47. The van der Waals surface area contributed by atoms with E-state index < -0.39 is 7.12 Å². The van der Waals surface area contributed by atoms with E-state index in [2.05, 4.69) is 9.88 Å². The average molecular weight is 259 g/mol.